The van der Waals surface area contributed by atoms with Crippen LogP contribution in [0.25, 0.3) is 0 Å². The Morgan fingerprint density at radius 1 is 1.05 bits per heavy atom. The third kappa shape index (κ3) is 4.14. The lowest BCUT2D eigenvalue weighted by Crippen LogP contribution is -2.22. The van der Waals surface area contributed by atoms with Gasteiger partial charge in [0.25, 0.3) is 0 Å². The summed E-state index contributed by atoms with van der Waals surface area (Å²) in [5.41, 5.74) is 3.22. The van der Waals surface area contributed by atoms with E-state index in [0.717, 1.165) is 16.1 Å². The number of nitrogens with one attached hydrogen (secondary N) is 1. The number of amides is 1. The SMILES string of the molecule is Cc1ccc(SC(C)C(=O)Nc2cccc(C)c2)cc1. The minimum atomic E-state index is -0.127. The predicted molar refractivity (Wildman–Crippen MR) is 86.3 cm³/mol. The van der Waals surface area contributed by atoms with E-state index in [2.05, 4.69) is 36.5 Å². The molecule has 2 nitrogen and oxygen atoms in total. The first kappa shape index (κ1) is 14.7. The Morgan fingerprint density at radius 2 is 1.75 bits per heavy atom. The minimum absolute atomic E-state index is 0.0289. The molecule has 0 bridgehead atoms. The largest absolute Gasteiger partial charge is 0.325 e. The molecule has 1 amide bonds. The number of rotatable bonds is 4. The van der Waals surface area contributed by atoms with Crippen LogP contribution in [0.15, 0.2) is 53.4 Å². The van der Waals surface area contributed by atoms with E-state index in [9.17, 15) is 4.79 Å². The topological polar surface area (TPSA) is 29.1 Å². The van der Waals surface area contributed by atoms with Gasteiger partial charge in [-0.3, -0.25) is 4.79 Å². The molecule has 0 aromatic heterocycles. The second kappa shape index (κ2) is 6.62. The molecule has 2 aromatic rings. The van der Waals surface area contributed by atoms with Crippen LogP contribution in [0, 0.1) is 13.8 Å². The summed E-state index contributed by atoms with van der Waals surface area (Å²) in [6.07, 6.45) is 0. The number of carbonyl (C=O) groups is 1. The molecule has 0 aliphatic heterocycles. The lowest BCUT2D eigenvalue weighted by atomic mass is 10.2. The molecule has 2 aromatic carbocycles. The Kier molecular flexibility index (Phi) is 4.85. The molecule has 20 heavy (non-hydrogen) atoms. The van der Waals surface area contributed by atoms with Crippen molar-refractivity contribution in [2.24, 2.45) is 0 Å². The van der Waals surface area contributed by atoms with Crippen molar-refractivity contribution in [1.82, 2.24) is 0 Å². The number of thioether (sulfide) groups is 1. The molecule has 1 unspecified atom stereocenters. The summed E-state index contributed by atoms with van der Waals surface area (Å²) in [4.78, 5) is 13.3. The van der Waals surface area contributed by atoms with Crippen molar-refractivity contribution < 1.29 is 4.79 Å². The van der Waals surface area contributed by atoms with Crippen LogP contribution in [-0.2, 0) is 4.79 Å². The fourth-order valence-corrected chi connectivity index (χ4v) is 2.71. The zero-order valence-corrected chi connectivity index (χ0v) is 12.8. The van der Waals surface area contributed by atoms with E-state index < -0.39 is 0 Å². The number of hydrogen-bond acceptors (Lipinski definition) is 2. The third-order valence-electron chi connectivity index (χ3n) is 2.99. The highest BCUT2D eigenvalue weighted by Crippen LogP contribution is 2.24. The van der Waals surface area contributed by atoms with Gasteiger partial charge in [0.2, 0.25) is 5.91 Å². The fourth-order valence-electron chi connectivity index (χ4n) is 1.84. The number of carbonyl (C=O) groups excluding carboxylic acids is 1. The normalized spacial score (nSPS) is 11.9. The van der Waals surface area contributed by atoms with E-state index in [4.69, 9.17) is 0 Å². The molecule has 2 rings (SSSR count). The van der Waals surface area contributed by atoms with Crippen LogP contribution in [-0.4, -0.2) is 11.2 Å². The zero-order chi connectivity index (χ0) is 14.5. The second-order valence-electron chi connectivity index (χ2n) is 4.93. The smallest absolute Gasteiger partial charge is 0.237 e. The summed E-state index contributed by atoms with van der Waals surface area (Å²) >= 11 is 1.57. The quantitative estimate of drug-likeness (QED) is 0.842. The Morgan fingerprint density at radius 3 is 2.40 bits per heavy atom. The van der Waals surface area contributed by atoms with Crippen molar-refractivity contribution in [2.75, 3.05) is 5.32 Å². The van der Waals surface area contributed by atoms with Crippen molar-refractivity contribution >= 4 is 23.4 Å². The molecular formula is C17H19NOS. The monoisotopic (exact) mass is 285 g/mol. The lowest BCUT2D eigenvalue weighted by molar-refractivity contribution is -0.115. The molecule has 0 saturated heterocycles. The Balaban J connectivity index is 1.96. The van der Waals surface area contributed by atoms with Crippen molar-refractivity contribution in [1.29, 1.82) is 0 Å². The molecule has 0 fully saturated rings. The van der Waals surface area contributed by atoms with Crippen LogP contribution in [0.3, 0.4) is 0 Å². The standard InChI is InChI=1S/C17H19NOS/c1-12-7-9-16(10-8-12)20-14(3)17(19)18-15-6-4-5-13(2)11-15/h4-11,14H,1-3H3,(H,18,19). The molecule has 0 heterocycles. The van der Waals surface area contributed by atoms with Crippen LogP contribution >= 0.6 is 11.8 Å². The van der Waals surface area contributed by atoms with Crippen molar-refractivity contribution in [3.05, 3.63) is 59.7 Å². The summed E-state index contributed by atoms with van der Waals surface area (Å²) in [5, 5.41) is 2.83. The molecule has 1 atom stereocenters. The highest BCUT2D eigenvalue weighted by atomic mass is 32.2. The molecule has 0 aliphatic rings. The molecule has 0 aliphatic carbocycles. The van der Waals surface area contributed by atoms with Crippen LogP contribution in [0.1, 0.15) is 18.1 Å². The van der Waals surface area contributed by atoms with Gasteiger partial charge in [-0.25, -0.2) is 0 Å². The van der Waals surface area contributed by atoms with Gasteiger partial charge >= 0.3 is 0 Å². The average molecular weight is 285 g/mol. The molecule has 104 valence electrons. The molecule has 3 heteroatoms. The van der Waals surface area contributed by atoms with E-state index in [1.807, 2.05) is 38.1 Å². The Hall–Kier alpha value is -1.74. The van der Waals surface area contributed by atoms with Crippen LogP contribution in [0.4, 0.5) is 5.69 Å². The van der Waals surface area contributed by atoms with Crippen LogP contribution in [0.2, 0.25) is 0 Å². The highest BCUT2D eigenvalue weighted by Gasteiger charge is 2.14. The summed E-state index contributed by atoms with van der Waals surface area (Å²) in [5.74, 6) is 0.0289. The predicted octanol–water partition coefficient (Wildman–Crippen LogP) is 4.42. The van der Waals surface area contributed by atoms with Gasteiger partial charge in [-0.1, -0.05) is 29.8 Å². The summed E-state index contributed by atoms with van der Waals surface area (Å²) in [7, 11) is 0. The minimum Gasteiger partial charge on any atom is -0.325 e. The van der Waals surface area contributed by atoms with E-state index in [1.54, 1.807) is 11.8 Å². The maximum Gasteiger partial charge on any atom is 0.237 e. The first-order chi connectivity index (χ1) is 9.54. The van der Waals surface area contributed by atoms with Crippen molar-refractivity contribution in [3.8, 4) is 0 Å². The van der Waals surface area contributed by atoms with Gasteiger partial charge in [0, 0.05) is 10.6 Å². The Labute approximate surface area is 124 Å². The summed E-state index contributed by atoms with van der Waals surface area (Å²) in [6.45, 7) is 6.00. The van der Waals surface area contributed by atoms with Crippen molar-refractivity contribution in [3.63, 3.8) is 0 Å². The number of hydrogen-bond donors (Lipinski definition) is 1. The summed E-state index contributed by atoms with van der Waals surface area (Å²) in [6, 6.07) is 16.1. The lowest BCUT2D eigenvalue weighted by Gasteiger charge is -2.12. The second-order valence-corrected chi connectivity index (χ2v) is 6.35. The maximum absolute atomic E-state index is 12.2. The van der Waals surface area contributed by atoms with Gasteiger partial charge in [-0.05, 0) is 50.6 Å². The van der Waals surface area contributed by atoms with Gasteiger partial charge in [0.15, 0.2) is 0 Å². The first-order valence-corrected chi connectivity index (χ1v) is 7.53. The Bertz CT molecular complexity index is 592. The van der Waals surface area contributed by atoms with Gasteiger partial charge < -0.3 is 5.32 Å². The van der Waals surface area contributed by atoms with Gasteiger partial charge in [-0.15, -0.1) is 11.8 Å². The molecule has 0 radical (unpaired) electrons. The van der Waals surface area contributed by atoms with Crippen LogP contribution < -0.4 is 5.32 Å². The molecule has 0 saturated carbocycles. The average Bonchev–Trinajstić information content (AvgIpc) is 2.41. The fraction of sp³-hybridized carbons (Fsp3) is 0.235. The zero-order valence-electron chi connectivity index (χ0n) is 12.0. The van der Waals surface area contributed by atoms with Crippen LogP contribution in [0.5, 0.6) is 0 Å². The molecular weight excluding hydrogens is 266 g/mol. The first-order valence-electron chi connectivity index (χ1n) is 6.65. The number of benzene rings is 2. The van der Waals surface area contributed by atoms with E-state index in [-0.39, 0.29) is 11.2 Å². The number of aryl methyl sites for hydroxylation is 2. The number of anilines is 1. The van der Waals surface area contributed by atoms with Gasteiger partial charge in [-0.2, -0.15) is 0 Å². The van der Waals surface area contributed by atoms with Crippen molar-refractivity contribution in [2.45, 2.75) is 30.9 Å². The van der Waals surface area contributed by atoms with Gasteiger partial charge in [0.05, 0.1) is 5.25 Å². The molecule has 1 N–H and O–H groups in total. The van der Waals surface area contributed by atoms with E-state index in [1.165, 1.54) is 5.56 Å². The molecule has 0 spiro atoms. The van der Waals surface area contributed by atoms with Gasteiger partial charge in [0.1, 0.15) is 0 Å². The van der Waals surface area contributed by atoms with E-state index in [0.29, 0.717) is 0 Å². The third-order valence-corrected chi connectivity index (χ3v) is 4.10. The summed E-state index contributed by atoms with van der Waals surface area (Å²) < 4.78 is 0. The highest BCUT2D eigenvalue weighted by molar-refractivity contribution is 8.00. The van der Waals surface area contributed by atoms with E-state index >= 15 is 0 Å². The maximum atomic E-state index is 12.2.